The Morgan fingerprint density at radius 3 is 0.930 bits per heavy atom. The molecule has 0 bridgehead atoms. The van der Waals surface area contributed by atoms with Gasteiger partial charge in [-0.2, -0.15) is 8.75 Å². The second kappa shape index (κ2) is 20.1. The number of aromatic nitrogens is 2. The molecule has 0 saturated carbocycles. The van der Waals surface area contributed by atoms with Crippen LogP contribution >= 0.6 is 34.4 Å². The number of rotatable bonds is 13. The molecule has 0 aliphatic carbocycles. The Morgan fingerprint density at radius 1 is 0.268 bits per heavy atom. The number of benzene rings is 9. The number of hydrogen-bond acceptors (Lipinski definition) is 5. The molecule has 1 unspecified atom stereocenters. The van der Waals surface area contributed by atoms with E-state index in [4.69, 9.17) is 8.75 Å². The molecule has 0 radical (unpaired) electrons. The standard InChI is InChI=1S/C66H46N2S3/c1-7-19-47(20-8-1)61(48-21-9-2-10-22-48)63(51-27-15-5-16-28-51)53-35-31-45(32-36-53)57-41-43-59(69-57)55-39-40-56(66-65(55)67-71-68-66)60-44-42-58(70-60)46-33-37-54(38-34-46)64(52-29-17-6-18-30-52)62(49-23-11-3-12-24-49)50-25-13-4-14-26-50/h1-44,61,63H. The van der Waals surface area contributed by atoms with Gasteiger partial charge in [0.05, 0.1) is 11.7 Å². The number of hydrogen-bond donors (Lipinski definition) is 0. The van der Waals surface area contributed by atoms with E-state index < -0.39 is 0 Å². The molecule has 9 aromatic carbocycles. The highest BCUT2D eigenvalue weighted by Gasteiger charge is 2.28. The molecule has 3 heterocycles. The normalized spacial score (nSPS) is 11.7. The van der Waals surface area contributed by atoms with Gasteiger partial charge >= 0.3 is 0 Å². The van der Waals surface area contributed by atoms with Crippen molar-refractivity contribution in [2.45, 2.75) is 11.8 Å². The lowest BCUT2D eigenvalue weighted by Gasteiger charge is -2.29. The zero-order valence-corrected chi connectivity index (χ0v) is 41.1. The van der Waals surface area contributed by atoms with Gasteiger partial charge in [-0.25, -0.2) is 0 Å². The maximum absolute atomic E-state index is 4.90. The van der Waals surface area contributed by atoms with E-state index in [2.05, 4.69) is 267 Å². The van der Waals surface area contributed by atoms with Gasteiger partial charge in [0.1, 0.15) is 11.0 Å². The molecule has 0 aliphatic rings. The highest BCUT2D eigenvalue weighted by molar-refractivity contribution is 7.19. The average Bonchev–Trinajstić information content (AvgIpc) is 4.27. The van der Waals surface area contributed by atoms with Crippen molar-refractivity contribution < 1.29 is 0 Å². The second-order valence-corrected chi connectivity index (χ2v) is 20.4. The summed E-state index contributed by atoms with van der Waals surface area (Å²) in [4.78, 5) is 4.80. The minimum absolute atomic E-state index is 0.132. The molecule has 0 N–H and O–H groups in total. The summed E-state index contributed by atoms with van der Waals surface area (Å²) in [7, 11) is 0. The molecule has 1 atom stereocenters. The first-order valence-electron chi connectivity index (χ1n) is 24.0. The number of fused-ring (bicyclic) bond motifs is 1. The van der Waals surface area contributed by atoms with Crippen LogP contribution in [0.5, 0.6) is 0 Å². The van der Waals surface area contributed by atoms with Crippen LogP contribution < -0.4 is 0 Å². The topological polar surface area (TPSA) is 25.8 Å². The quantitative estimate of drug-likeness (QED) is 0.108. The maximum Gasteiger partial charge on any atom is 0.114 e. The molecular weight excluding hydrogens is 917 g/mol. The van der Waals surface area contributed by atoms with Gasteiger partial charge < -0.3 is 0 Å². The molecule has 5 heteroatoms. The molecule has 3 aromatic heterocycles. The molecule has 71 heavy (non-hydrogen) atoms. The SMILES string of the molecule is c1ccc(C(=C(c2ccccc2)c2ccc(-c3ccc(-c4ccc(-c5ccc(-c6ccc(C(c7ccccc7)C(c7ccccc7)c7ccccc7)cc6)s5)c5nsnc45)s3)cc2)c2ccccc2)cc1. The first kappa shape index (κ1) is 44.2. The van der Waals surface area contributed by atoms with Crippen LogP contribution in [0.15, 0.2) is 267 Å². The average molecular weight is 963 g/mol. The fraction of sp³-hybridized carbons (Fsp3) is 0.0303. The predicted octanol–water partition coefficient (Wildman–Crippen LogP) is 18.5. The molecule has 0 fully saturated rings. The summed E-state index contributed by atoms with van der Waals surface area (Å²) in [5, 5.41) is 0. The van der Waals surface area contributed by atoms with E-state index in [-0.39, 0.29) is 11.8 Å². The largest absolute Gasteiger partial charge is 0.172 e. The lowest BCUT2D eigenvalue weighted by molar-refractivity contribution is 0.694. The zero-order chi connectivity index (χ0) is 47.3. The summed E-state index contributed by atoms with van der Waals surface area (Å²) >= 11 is 4.89. The van der Waals surface area contributed by atoms with Crippen molar-refractivity contribution in [3.05, 3.63) is 311 Å². The lowest BCUT2D eigenvalue weighted by Crippen LogP contribution is -2.14. The summed E-state index contributed by atoms with van der Waals surface area (Å²) in [5.41, 5.74) is 18.9. The van der Waals surface area contributed by atoms with E-state index in [1.165, 1.54) is 98.0 Å². The highest BCUT2D eigenvalue weighted by atomic mass is 32.1. The van der Waals surface area contributed by atoms with Gasteiger partial charge in [-0.3, -0.25) is 0 Å². The van der Waals surface area contributed by atoms with Crippen LogP contribution in [-0.2, 0) is 0 Å². The van der Waals surface area contributed by atoms with Crippen molar-refractivity contribution in [1.29, 1.82) is 0 Å². The maximum atomic E-state index is 4.90. The van der Waals surface area contributed by atoms with E-state index in [0.717, 1.165) is 22.2 Å². The summed E-state index contributed by atoms with van der Waals surface area (Å²) < 4.78 is 9.80. The Kier molecular flexibility index (Phi) is 12.5. The van der Waals surface area contributed by atoms with E-state index in [0.29, 0.717) is 0 Å². The summed E-state index contributed by atoms with van der Waals surface area (Å²) in [6, 6.07) is 96.9. The monoisotopic (exact) mass is 962 g/mol. The van der Waals surface area contributed by atoms with Crippen LogP contribution in [0.1, 0.15) is 56.3 Å². The Balaban J connectivity index is 0.830. The van der Waals surface area contributed by atoms with Gasteiger partial charge in [0, 0.05) is 42.5 Å². The minimum atomic E-state index is 0.132. The van der Waals surface area contributed by atoms with Crippen molar-refractivity contribution in [3.8, 4) is 41.8 Å². The Bertz CT molecular complexity index is 3630. The van der Waals surface area contributed by atoms with E-state index in [1.807, 2.05) is 11.3 Å². The summed E-state index contributed by atoms with van der Waals surface area (Å²) in [5.74, 6) is 0.284. The van der Waals surface area contributed by atoms with Crippen molar-refractivity contribution in [2.75, 3.05) is 0 Å². The molecule has 0 spiro atoms. The molecule has 12 aromatic rings. The van der Waals surface area contributed by atoms with Crippen molar-refractivity contribution >= 4 is 56.6 Å². The third kappa shape index (κ3) is 9.04. The third-order valence-corrected chi connectivity index (χ3v) is 16.3. The Labute approximate surface area is 427 Å². The fourth-order valence-corrected chi connectivity index (χ4v) is 12.7. The Hall–Kier alpha value is -8.06. The molecule has 2 nitrogen and oxygen atoms in total. The Morgan fingerprint density at radius 2 is 0.563 bits per heavy atom. The van der Waals surface area contributed by atoms with Gasteiger partial charge in [-0.05, 0) is 91.0 Å². The van der Waals surface area contributed by atoms with Gasteiger partial charge in [0.2, 0.25) is 0 Å². The minimum Gasteiger partial charge on any atom is -0.172 e. The third-order valence-electron chi connectivity index (χ3n) is 13.4. The van der Waals surface area contributed by atoms with E-state index in [9.17, 15) is 0 Å². The van der Waals surface area contributed by atoms with Crippen LogP contribution in [0, 0.1) is 0 Å². The van der Waals surface area contributed by atoms with Crippen LogP contribution in [-0.4, -0.2) is 8.75 Å². The van der Waals surface area contributed by atoms with Crippen molar-refractivity contribution in [2.24, 2.45) is 0 Å². The van der Waals surface area contributed by atoms with E-state index in [1.54, 1.807) is 11.3 Å². The smallest absolute Gasteiger partial charge is 0.114 e. The highest BCUT2D eigenvalue weighted by Crippen LogP contribution is 2.46. The number of thiophene rings is 2. The van der Waals surface area contributed by atoms with Crippen LogP contribution in [0.2, 0.25) is 0 Å². The van der Waals surface area contributed by atoms with Gasteiger partial charge in [0.15, 0.2) is 0 Å². The van der Waals surface area contributed by atoms with Crippen LogP contribution in [0.4, 0.5) is 0 Å². The van der Waals surface area contributed by atoms with Crippen molar-refractivity contribution in [1.82, 2.24) is 8.75 Å². The van der Waals surface area contributed by atoms with Gasteiger partial charge in [0.25, 0.3) is 0 Å². The zero-order valence-electron chi connectivity index (χ0n) is 38.7. The molecule has 0 aliphatic heterocycles. The second-order valence-electron chi connectivity index (χ2n) is 17.7. The van der Waals surface area contributed by atoms with Gasteiger partial charge in [-0.1, -0.05) is 243 Å². The summed E-state index contributed by atoms with van der Waals surface area (Å²) in [6.07, 6.45) is 0. The lowest BCUT2D eigenvalue weighted by atomic mass is 9.73. The number of nitrogens with zero attached hydrogens (tertiary/aromatic N) is 2. The molecule has 338 valence electrons. The first-order chi connectivity index (χ1) is 35.2. The van der Waals surface area contributed by atoms with Crippen LogP contribution in [0.25, 0.3) is 63.9 Å². The molecule has 0 saturated heterocycles. The molecule has 12 rings (SSSR count). The molecule has 0 amide bonds. The molecular formula is C66H46N2S3. The first-order valence-corrected chi connectivity index (χ1v) is 26.3. The van der Waals surface area contributed by atoms with E-state index >= 15 is 0 Å². The van der Waals surface area contributed by atoms with Crippen molar-refractivity contribution in [3.63, 3.8) is 0 Å². The van der Waals surface area contributed by atoms with Gasteiger partial charge in [-0.15, -0.1) is 22.7 Å². The predicted molar refractivity (Wildman–Crippen MR) is 302 cm³/mol. The van der Waals surface area contributed by atoms with Crippen LogP contribution in [0.3, 0.4) is 0 Å². The fourth-order valence-electron chi connectivity index (χ4n) is 10.1. The summed E-state index contributed by atoms with van der Waals surface area (Å²) in [6.45, 7) is 0.